The minimum atomic E-state index is -0.533. The molecule has 2 aliphatic rings. The SMILES string of the molecule is O=C1C(=O)C2NC=NC2c2cccnc21. The maximum atomic E-state index is 11.7. The van der Waals surface area contributed by atoms with E-state index in [1.807, 2.05) is 0 Å². The van der Waals surface area contributed by atoms with Crippen molar-refractivity contribution in [1.29, 1.82) is 0 Å². The van der Waals surface area contributed by atoms with Crippen LogP contribution < -0.4 is 5.32 Å². The summed E-state index contributed by atoms with van der Waals surface area (Å²) in [6.07, 6.45) is 2.99. The Morgan fingerprint density at radius 1 is 1.33 bits per heavy atom. The van der Waals surface area contributed by atoms with Crippen LogP contribution in [0.25, 0.3) is 0 Å². The van der Waals surface area contributed by atoms with E-state index < -0.39 is 17.6 Å². The number of hydrogen-bond acceptors (Lipinski definition) is 5. The summed E-state index contributed by atoms with van der Waals surface area (Å²) in [6.45, 7) is 0. The monoisotopic (exact) mass is 201 g/mol. The quantitative estimate of drug-likeness (QED) is 0.594. The molecule has 1 aliphatic carbocycles. The number of carbonyl (C=O) groups is 2. The van der Waals surface area contributed by atoms with E-state index in [0.717, 1.165) is 5.56 Å². The van der Waals surface area contributed by atoms with Crippen LogP contribution in [0.1, 0.15) is 22.1 Å². The van der Waals surface area contributed by atoms with Crippen molar-refractivity contribution >= 4 is 17.9 Å². The Bertz CT molecular complexity index is 495. The van der Waals surface area contributed by atoms with Gasteiger partial charge in [-0.15, -0.1) is 0 Å². The number of Topliss-reactive ketones (excluding diaryl/α,β-unsaturated/α-hetero) is 2. The highest BCUT2D eigenvalue weighted by atomic mass is 16.2. The summed E-state index contributed by atoms with van der Waals surface area (Å²) in [6, 6.07) is 2.70. The molecule has 0 radical (unpaired) electrons. The summed E-state index contributed by atoms with van der Waals surface area (Å²) in [5.41, 5.74) is 0.970. The molecule has 0 aromatic carbocycles. The van der Waals surface area contributed by atoms with Crippen molar-refractivity contribution in [1.82, 2.24) is 10.3 Å². The van der Waals surface area contributed by atoms with Crippen molar-refractivity contribution in [3.05, 3.63) is 29.6 Å². The van der Waals surface area contributed by atoms with E-state index in [1.165, 1.54) is 12.5 Å². The van der Waals surface area contributed by atoms with Crippen LogP contribution in [-0.2, 0) is 4.79 Å². The Morgan fingerprint density at radius 3 is 3.07 bits per heavy atom. The average Bonchev–Trinajstić information content (AvgIpc) is 2.75. The predicted molar refractivity (Wildman–Crippen MR) is 51.7 cm³/mol. The van der Waals surface area contributed by atoms with Crippen LogP contribution in [0.4, 0.5) is 0 Å². The Morgan fingerprint density at radius 2 is 2.20 bits per heavy atom. The molecule has 74 valence electrons. The standard InChI is InChI=1S/C10H7N3O2/c14-9-7-5(2-1-3-11-7)6-8(10(9)15)13-4-12-6/h1-4,6,8H,(H,12,13). The van der Waals surface area contributed by atoms with Crippen LogP contribution >= 0.6 is 0 Å². The van der Waals surface area contributed by atoms with Crippen LogP contribution in [-0.4, -0.2) is 28.9 Å². The highest BCUT2D eigenvalue weighted by Gasteiger charge is 2.43. The third-order valence-corrected chi connectivity index (χ3v) is 2.68. The van der Waals surface area contributed by atoms with Gasteiger partial charge in [0, 0.05) is 11.8 Å². The van der Waals surface area contributed by atoms with Gasteiger partial charge in [0.1, 0.15) is 17.8 Å². The molecule has 0 fully saturated rings. The van der Waals surface area contributed by atoms with E-state index in [-0.39, 0.29) is 11.7 Å². The summed E-state index contributed by atoms with van der Waals surface area (Å²) in [5, 5.41) is 2.79. The van der Waals surface area contributed by atoms with E-state index in [2.05, 4.69) is 15.3 Å². The molecule has 1 N–H and O–H groups in total. The number of aliphatic imine (C=N–C) groups is 1. The van der Waals surface area contributed by atoms with E-state index in [4.69, 9.17) is 0 Å². The highest BCUT2D eigenvalue weighted by Crippen LogP contribution is 2.31. The number of ketones is 2. The summed E-state index contributed by atoms with van der Waals surface area (Å²) in [5.74, 6) is -0.978. The molecule has 0 bridgehead atoms. The first-order valence-corrected chi connectivity index (χ1v) is 4.60. The fraction of sp³-hybridized carbons (Fsp3) is 0.200. The first-order chi connectivity index (χ1) is 7.29. The normalized spacial score (nSPS) is 27.2. The van der Waals surface area contributed by atoms with Crippen molar-refractivity contribution in [2.24, 2.45) is 4.99 Å². The smallest absolute Gasteiger partial charge is 0.249 e. The fourth-order valence-corrected chi connectivity index (χ4v) is 1.96. The minimum Gasteiger partial charge on any atom is -0.364 e. The summed E-state index contributed by atoms with van der Waals surface area (Å²) >= 11 is 0. The number of hydrogen-bond donors (Lipinski definition) is 1. The maximum absolute atomic E-state index is 11.7. The molecule has 0 amide bonds. The first-order valence-electron chi connectivity index (χ1n) is 4.60. The Kier molecular flexibility index (Phi) is 1.50. The fourth-order valence-electron chi connectivity index (χ4n) is 1.96. The Balaban J connectivity index is 2.24. The molecule has 1 aromatic rings. The van der Waals surface area contributed by atoms with Gasteiger partial charge in [-0.2, -0.15) is 0 Å². The van der Waals surface area contributed by atoms with E-state index in [1.54, 1.807) is 12.1 Å². The van der Waals surface area contributed by atoms with Gasteiger partial charge in [-0.3, -0.25) is 19.6 Å². The van der Waals surface area contributed by atoms with Gasteiger partial charge in [-0.05, 0) is 6.07 Å². The topological polar surface area (TPSA) is 71.4 Å². The zero-order chi connectivity index (χ0) is 10.4. The van der Waals surface area contributed by atoms with Crippen molar-refractivity contribution in [3.63, 3.8) is 0 Å². The molecular weight excluding hydrogens is 194 g/mol. The number of nitrogens with one attached hydrogen (secondary N) is 1. The lowest BCUT2D eigenvalue weighted by molar-refractivity contribution is -0.117. The molecule has 1 aliphatic heterocycles. The van der Waals surface area contributed by atoms with Crippen LogP contribution in [0.2, 0.25) is 0 Å². The van der Waals surface area contributed by atoms with Crippen LogP contribution in [0.5, 0.6) is 0 Å². The Hall–Kier alpha value is -2.04. The van der Waals surface area contributed by atoms with Gasteiger partial charge in [-0.25, -0.2) is 0 Å². The minimum absolute atomic E-state index is 0.240. The lowest BCUT2D eigenvalue weighted by Gasteiger charge is -2.23. The number of aromatic nitrogens is 1. The van der Waals surface area contributed by atoms with Gasteiger partial charge in [-0.1, -0.05) is 6.07 Å². The third kappa shape index (κ3) is 0.971. The number of nitrogens with zero attached hydrogens (tertiary/aromatic N) is 2. The molecule has 3 rings (SSSR count). The number of carbonyl (C=O) groups excluding carboxylic acids is 2. The van der Waals surface area contributed by atoms with Crippen molar-refractivity contribution in [3.8, 4) is 0 Å². The molecule has 0 spiro atoms. The molecule has 2 atom stereocenters. The number of rotatable bonds is 0. The van der Waals surface area contributed by atoms with Crippen LogP contribution in [0, 0.1) is 0 Å². The molecule has 2 unspecified atom stereocenters. The molecule has 0 saturated heterocycles. The average molecular weight is 201 g/mol. The zero-order valence-electron chi connectivity index (χ0n) is 7.68. The second-order valence-electron chi connectivity index (χ2n) is 3.50. The maximum Gasteiger partial charge on any atom is 0.249 e. The van der Waals surface area contributed by atoms with Gasteiger partial charge in [0.15, 0.2) is 0 Å². The zero-order valence-corrected chi connectivity index (χ0v) is 7.68. The highest BCUT2D eigenvalue weighted by molar-refractivity contribution is 6.46. The lowest BCUT2D eigenvalue weighted by atomic mass is 9.86. The third-order valence-electron chi connectivity index (χ3n) is 2.68. The van der Waals surface area contributed by atoms with Gasteiger partial charge >= 0.3 is 0 Å². The van der Waals surface area contributed by atoms with E-state index in [0.29, 0.717) is 0 Å². The lowest BCUT2D eigenvalue weighted by Crippen LogP contribution is -2.44. The molecule has 5 nitrogen and oxygen atoms in total. The second kappa shape index (κ2) is 2.73. The molecule has 1 aromatic heterocycles. The van der Waals surface area contributed by atoms with Crippen LogP contribution in [0.3, 0.4) is 0 Å². The molecule has 2 heterocycles. The summed E-state index contributed by atoms with van der Waals surface area (Å²) < 4.78 is 0. The largest absolute Gasteiger partial charge is 0.364 e. The predicted octanol–water partition coefficient (Wildman–Crippen LogP) is -0.112. The molecular formula is C10H7N3O2. The number of pyridine rings is 1. The van der Waals surface area contributed by atoms with Gasteiger partial charge < -0.3 is 5.32 Å². The summed E-state index contributed by atoms with van der Waals surface area (Å²) in [4.78, 5) is 31.4. The molecule has 0 saturated carbocycles. The molecule has 15 heavy (non-hydrogen) atoms. The first kappa shape index (κ1) is 8.28. The van der Waals surface area contributed by atoms with Gasteiger partial charge in [0.2, 0.25) is 11.6 Å². The Labute approximate surface area is 85.2 Å². The summed E-state index contributed by atoms with van der Waals surface area (Å²) in [7, 11) is 0. The van der Waals surface area contributed by atoms with Gasteiger partial charge in [0.25, 0.3) is 0 Å². The van der Waals surface area contributed by atoms with Crippen molar-refractivity contribution in [2.75, 3.05) is 0 Å². The van der Waals surface area contributed by atoms with E-state index >= 15 is 0 Å². The van der Waals surface area contributed by atoms with Gasteiger partial charge in [0.05, 0.1) is 6.34 Å². The van der Waals surface area contributed by atoms with Crippen molar-refractivity contribution < 1.29 is 9.59 Å². The number of fused-ring (bicyclic) bond motifs is 3. The van der Waals surface area contributed by atoms with Crippen molar-refractivity contribution in [2.45, 2.75) is 12.1 Å². The molecule has 5 heteroatoms. The van der Waals surface area contributed by atoms with E-state index in [9.17, 15) is 9.59 Å². The van der Waals surface area contributed by atoms with Crippen LogP contribution in [0.15, 0.2) is 23.3 Å². The second-order valence-corrected chi connectivity index (χ2v) is 3.50.